The number of nitrogens with zero attached hydrogens (tertiary/aromatic N) is 2. The Labute approximate surface area is 170 Å². The summed E-state index contributed by atoms with van der Waals surface area (Å²) in [5.74, 6) is 0.556. The minimum absolute atomic E-state index is 0.0486. The maximum Gasteiger partial charge on any atom is 0.225 e. The Morgan fingerprint density at radius 2 is 1.93 bits per heavy atom. The second-order valence-corrected chi connectivity index (χ2v) is 7.06. The topological polar surface area (TPSA) is 55.6 Å². The third kappa shape index (κ3) is 4.14. The molecule has 1 N–H and O–H groups in total. The van der Waals surface area contributed by atoms with Gasteiger partial charge >= 0.3 is 0 Å². The molecule has 29 heavy (non-hydrogen) atoms. The minimum Gasteiger partial charge on any atom is -0.497 e. The number of methoxy groups -OCH3 is 1. The predicted molar refractivity (Wildman–Crippen MR) is 114 cm³/mol. The zero-order chi connectivity index (χ0) is 20.2. The lowest BCUT2D eigenvalue weighted by molar-refractivity contribution is -0.116. The molecule has 1 unspecified atom stereocenters. The summed E-state index contributed by atoms with van der Waals surface area (Å²) in [6.45, 7) is 2.02. The molecule has 4 aromatic rings. The van der Waals surface area contributed by atoms with E-state index >= 15 is 0 Å². The molecule has 5 heteroatoms. The molecule has 2 heterocycles. The number of hydrogen-bond acceptors (Lipinski definition) is 3. The van der Waals surface area contributed by atoms with Gasteiger partial charge in [-0.3, -0.25) is 4.79 Å². The molecule has 0 saturated heterocycles. The first-order chi connectivity index (χ1) is 14.1. The maximum absolute atomic E-state index is 12.9. The van der Waals surface area contributed by atoms with Crippen molar-refractivity contribution in [2.24, 2.45) is 0 Å². The van der Waals surface area contributed by atoms with Gasteiger partial charge in [0.15, 0.2) is 0 Å². The molecule has 4 rings (SSSR count). The summed E-state index contributed by atoms with van der Waals surface area (Å²) in [5.41, 5.74) is 4.78. The van der Waals surface area contributed by atoms with E-state index in [1.807, 2.05) is 90.4 Å². The van der Waals surface area contributed by atoms with Crippen molar-refractivity contribution in [3.8, 4) is 5.75 Å². The second kappa shape index (κ2) is 8.19. The zero-order valence-electron chi connectivity index (χ0n) is 16.5. The van der Waals surface area contributed by atoms with Crippen molar-refractivity contribution in [2.45, 2.75) is 19.3 Å². The van der Waals surface area contributed by atoms with E-state index < -0.39 is 0 Å². The molecule has 0 bridgehead atoms. The van der Waals surface area contributed by atoms with E-state index in [0.29, 0.717) is 6.42 Å². The van der Waals surface area contributed by atoms with Crippen LogP contribution >= 0.6 is 0 Å². The van der Waals surface area contributed by atoms with E-state index in [1.165, 1.54) is 0 Å². The van der Waals surface area contributed by atoms with Gasteiger partial charge in [-0.05, 0) is 48.9 Å². The molecule has 0 aliphatic heterocycles. The van der Waals surface area contributed by atoms with E-state index in [9.17, 15) is 4.79 Å². The summed E-state index contributed by atoms with van der Waals surface area (Å²) in [6.07, 6.45) is 4.12. The second-order valence-electron chi connectivity index (χ2n) is 7.06. The number of anilines is 1. The lowest BCUT2D eigenvalue weighted by Crippen LogP contribution is -2.17. The van der Waals surface area contributed by atoms with E-state index in [1.54, 1.807) is 7.11 Å². The van der Waals surface area contributed by atoms with Gasteiger partial charge in [-0.2, -0.15) is 0 Å². The van der Waals surface area contributed by atoms with Gasteiger partial charge in [0.25, 0.3) is 0 Å². The van der Waals surface area contributed by atoms with Crippen molar-refractivity contribution in [2.75, 3.05) is 12.4 Å². The van der Waals surface area contributed by atoms with Crippen LogP contribution < -0.4 is 10.1 Å². The highest BCUT2D eigenvalue weighted by molar-refractivity contribution is 5.91. The molecule has 0 aliphatic carbocycles. The normalized spacial score (nSPS) is 11.9. The quantitative estimate of drug-likeness (QED) is 0.518. The molecule has 1 amide bonds. The van der Waals surface area contributed by atoms with Crippen LogP contribution in [0, 0.1) is 6.92 Å². The van der Waals surface area contributed by atoms with Crippen LogP contribution in [0.4, 0.5) is 5.69 Å². The van der Waals surface area contributed by atoms with Crippen LogP contribution in [0.1, 0.15) is 29.2 Å². The molecule has 0 aliphatic rings. The smallest absolute Gasteiger partial charge is 0.225 e. The maximum atomic E-state index is 12.9. The standard InChI is InChI=1S/C24H23N3O2/c1-17-9-11-19(12-10-17)26-24(28)15-21(18-6-5-7-20(14-18)29-2)22-16-25-23-8-3-4-13-27(22)23/h3-14,16,21H,15H2,1-2H3,(H,26,28). The first-order valence-electron chi connectivity index (χ1n) is 9.56. The molecule has 1 atom stereocenters. The van der Waals surface area contributed by atoms with Gasteiger partial charge in [-0.25, -0.2) is 4.98 Å². The fourth-order valence-electron chi connectivity index (χ4n) is 3.50. The van der Waals surface area contributed by atoms with Crippen molar-refractivity contribution < 1.29 is 9.53 Å². The third-order valence-corrected chi connectivity index (χ3v) is 5.02. The van der Waals surface area contributed by atoms with Crippen LogP contribution in [0.2, 0.25) is 0 Å². The number of nitrogens with one attached hydrogen (secondary N) is 1. The summed E-state index contributed by atoms with van der Waals surface area (Å²) in [5, 5.41) is 3.01. The van der Waals surface area contributed by atoms with Gasteiger partial charge in [-0.15, -0.1) is 0 Å². The molecular weight excluding hydrogens is 362 g/mol. The summed E-state index contributed by atoms with van der Waals surface area (Å²) < 4.78 is 7.43. The first kappa shape index (κ1) is 18.7. The largest absolute Gasteiger partial charge is 0.497 e. The van der Waals surface area contributed by atoms with Crippen molar-refractivity contribution >= 4 is 17.2 Å². The van der Waals surface area contributed by atoms with Gasteiger partial charge in [0.05, 0.1) is 12.8 Å². The summed E-state index contributed by atoms with van der Waals surface area (Å²) in [6, 6.07) is 21.5. The highest BCUT2D eigenvalue weighted by Crippen LogP contribution is 2.31. The number of pyridine rings is 1. The minimum atomic E-state index is -0.159. The first-order valence-corrected chi connectivity index (χ1v) is 9.56. The number of aryl methyl sites for hydroxylation is 1. The molecule has 5 nitrogen and oxygen atoms in total. The Balaban J connectivity index is 1.68. The Kier molecular flexibility index (Phi) is 5.29. The SMILES string of the molecule is COc1cccc(C(CC(=O)Nc2ccc(C)cc2)c2cnc3ccccn23)c1. The highest BCUT2D eigenvalue weighted by atomic mass is 16.5. The van der Waals surface area contributed by atoms with Crippen LogP contribution in [0.25, 0.3) is 5.65 Å². The average Bonchev–Trinajstić information content (AvgIpc) is 3.17. The molecule has 2 aromatic carbocycles. The number of carbonyl (C=O) groups is 1. The molecule has 0 saturated carbocycles. The summed E-state index contributed by atoms with van der Waals surface area (Å²) in [7, 11) is 1.65. The summed E-state index contributed by atoms with van der Waals surface area (Å²) in [4.78, 5) is 17.4. The van der Waals surface area contributed by atoms with Crippen LogP contribution in [-0.2, 0) is 4.79 Å². The van der Waals surface area contributed by atoms with Crippen LogP contribution in [0.3, 0.4) is 0 Å². The van der Waals surface area contributed by atoms with Gasteiger partial charge in [-0.1, -0.05) is 35.9 Å². The Morgan fingerprint density at radius 1 is 1.10 bits per heavy atom. The number of rotatable bonds is 6. The number of benzene rings is 2. The van der Waals surface area contributed by atoms with Crippen LogP contribution in [0.5, 0.6) is 5.75 Å². The Morgan fingerprint density at radius 3 is 2.72 bits per heavy atom. The predicted octanol–water partition coefficient (Wildman–Crippen LogP) is 4.81. The van der Waals surface area contributed by atoms with Crippen molar-refractivity contribution in [1.82, 2.24) is 9.38 Å². The number of hydrogen-bond donors (Lipinski definition) is 1. The molecule has 0 spiro atoms. The highest BCUT2D eigenvalue weighted by Gasteiger charge is 2.22. The van der Waals surface area contributed by atoms with Gasteiger partial charge in [0, 0.05) is 30.4 Å². The van der Waals surface area contributed by atoms with Crippen molar-refractivity contribution in [3.63, 3.8) is 0 Å². The average molecular weight is 385 g/mol. The number of aromatic nitrogens is 2. The molecule has 2 aromatic heterocycles. The number of imidazole rings is 1. The summed E-state index contributed by atoms with van der Waals surface area (Å²) >= 11 is 0. The van der Waals surface area contributed by atoms with E-state index in [-0.39, 0.29) is 11.8 Å². The number of fused-ring (bicyclic) bond motifs is 1. The van der Waals surface area contributed by atoms with Crippen molar-refractivity contribution in [1.29, 1.82) is 0 Å². The van der Waals surface area contributed by atoms with Gasteiger partial charge in [0.1, 0.15) is 11.4 Å². The number of ether oxygens (including phenoxy) is 1. The lowest BCUT2D eigenvalue weighted by atomic mass is 9.92. The third-order valence-electron chi connectivity index (χ3n) is 5.02. The van der Waals surface area contributed by atoms with Crippen LogP contribution in [-0.4, -0.2) is 22.4 Å². The van der Waals surface area contributed by atoms with Gasteiger partial charge < -0.3 is 14.5 Å². The fraction of sp³-hybridized carbons (Fsp3) is 0.167. The fourth-order valence-corrected chi connectivity index (χ4v) is 3.50. The molecule has 0 fully saturated rings. The van der Waals surface area contributed by atoms with E-state index in [4.69, 9.17) is 4.74 Å². The van der Waals surface area contributed by atoms with Crippen LogP contribution in [0.15, 0.2) is 79.1 Å². The number of carbonyl (C=O) groups excluding carboxylic acids is 1. The monoisotopic (exact) mass is 385 g/mol. The Hall–Kier alpha value is -3.60. The van der Waals surface area contributed by atoms with E-state index in [2.05, 4.69) is 10.3 Å². The zero-order valence-corrected chi connectivity index (χ0v) is 16.5. The van der Waals surface area contributed by atoms with Gasteiger partial charge in [0.2, 0.25) is 5.91 Å². The molecular formula is C24H23N3O2. The lowest BCUT2D eigenvalue weighted by Gasteiger charge is -2.18. The van der Waals surface area contributed by atoms with Crippen molar-refractivity contribution in [3.05, 3.63) is 95.9 Å². The Bertz CT molecular complexity index is 1130. The molecule has 0 radical (unpaired) electrons. The van der Waals surface area contributed by atoms with E-state index in [0.717, 1.165) is 33.9 Å². The number of amides is 1. The molecule has 146 valence electrons.